The van der Waals surface area contributed by atoms with Gasteiger partial charge in [-0.3, -0.25) is 24.0 Å². The number of rotatable bonds is 2. The minimum Gasteiger partial charge on any atom is -0.497 e. The maximum Gasteiger partial charge on any atom is 0.190 e. The summed E-state index contributed by atoms with van der Waals surface area (Å²) in [5.74, 6) is -5.22. The zero-order valence-electron chi connectivity index (χ0n) is 27.1. The van der Waals surface area contributed by atoms with Crippen LogP contribution in [0.15, 0.2) is 127 Å². The van der Waals surface area contributed by atoms with Crippen LogP contribution in [0.5, 0.6) is 5.75 Å². The molecule has 7 aliphatic rings. The van der Waals surface area contributed by atoms with Crippen molar-refractivity contribution in [3.8, 4) is 5.75 Å². The van der Waals surface area contributed by atoms with Gasteiger partial charge >= 0.3 is 0 Å². The molecule has 0 aliphatic heterocycles. The van der Waals surface area contributed by atoms with Gasteiger partial charge in [0.2, 0.25) is 0 Å². The molecule has 0 unspecified atom stereocenters. The Morgan fingerprint density at radius 1 is 0.510 bits per heavy atom. The molecule has 0 aromatic heterocycles. The van der Waals surface area contributed by atoms with Crippen LogP contribution in [0.2, 0.25) is 0 Å². The van der Waals surface area contributed by atoms with Crippen LogP contribution >= 0.6 is 0 Å². The van der Waals surface area contributed by atoms with Crippen molar-refractivity contribution in [2.24, 2.45) is 16.7 Å². The number of methoxy groups -OCH3 is 1. The van der Waals surface area contributed by atoms with Gasteiger partial charge in [-0.1, -0.05) is 109 Å². The van der Waals surface area contributed by atoms with E-state index in [0.29, 0.717) is 22.4 Å². The van der Waals surface area contributed by atoms with Gasteiger partial charge in [0, 0.05) is 39.3 Å². The van der Waals surface area contributed by atoms with E-state index in [1.54, 1.807) is 121 Å². The summed E-state index contributed by atoms with van der Waals surface area (Å²) in [7, 11) is 1.50. The highest BCUT2D eigenvalue weighted by molar-refractivity contribution is 6.39. The lowest BCUT2D eigenvalue weighted by Crippen LogP contribution is -2.79. The number of ketones is 5. The largest absolute Gasteiger partial charge is 0.497 e. The zero-order valence-corrected chi connectivity index (χ0v) is 27.1. The van der Waals surface area contributed by atoms with E-state index in [9.17, 15) is 5.11 Å². The number of hydrogen-bond donors (Lipinski definition) is 1. The molecule has 51 heavy (non-hydrogen) atoms. The van der Waals surface area contributed by atoms with Crippen molar-refractivity contribution in [3.63, 3.8) is 0 Å². The number of fused-ring (bicyclic) bond motifs is 4. The van der Waals surface area contributed by atoms with Crippen molar-refractivity contribution < 1.29 is 33.8 Å². The second-order valence-electron chi connectivity index (χ2n) is 14.4. The molecule has 5 aromatic rings. The Morgan fingerprint density at radius 3 is 1.69 bits per heavy atom. The summed E-state index contributed by atoms with van der Waals surface area (Å²) in [6.45, 7) is 0. The summed E-state index contributed by atoms with van der Waals surface area (Å²) in [5.41, 5.74) is -5.94. The molecule has 12 rings (SSSR count). The van der Waals surface area contributed by atoms with E-state index in [1.807, 2.05) is 0 Å². The fourth-order valence-corrected chi connectivity index (χ4v) is 11.7. The normalized spacial score (nSPS) is 29.5. The van der Waals surface area contributed by atoms with Gasteiger partial charge in [0.25, 0.3) is 0 Å². The van der Waals surface area contributed by atoms with Gasteiger partial charge in [0.05, 0.1) is 18.4 Å². The number of Topliss-reactive ketones (excluding diaryl/α,β-unsaturated/α-hetero) is 5. The van der Waals surface area contributed by atoms with Crippen molar-refractivity contribution in [3.05, 3.63) is 177 Å². The molecule has 1 fully saturated rings. The highest BCUT2D eigenvalue weighted by Gasteiger charge is 2.94. The van der Waals surface area contributed by atoms with Crippen LogP contribution < -0.4 is 4.74 Å². The zero-order chi connectivity index (χ0) is 34.8. The fraction of sp³-hybridized carbons (Fsp3) is 0.159. The quantitative estimate of drug-likeness (QED) is 0.219. The van der Waals surface area contributed by atoms with E-state index in [4.69, 9.17) is 4.74 Å². The number of allylic oxidation sites excluding steroid dienone is 1. The third-order valence-electron chi connectivity index (χ3n) is 13.0. The number of hydrogen-bond acceptors (Lipinski definition) is 7. The molecule has 5 aromatic carbocycles. The van der Waals surface area contributed by atoms with E-state index in [1.165, 1.54) is 7.11 Å². The third-order valence-corrected chi connectivity index (χ3v) is 13.0. The van der Waals surface area contributed by atoms with Crippen LogP contribution in [-0.2, 0) is 11.0 Å². The average Bonchev–Trinajstić information content (AvgIpc) is 3.77. The number of ether oxygens (including phenoxy) is 1. The second kappa shape index (κ2) is 8.81. The van der Waals surface area contributed by atoms with Gasteiger partial charge in [-0.2, -0.15) is 0 Å². The molecule has 0 heterocycles. The molecule has 7 heteroatoms. The van der Waals surface area contributed by atoms with Crippen LogP contribution in [0, 0.1) is 16.7 Å². The average molecular weight is 667 g/mol. The van der Waals surface area contributed by atoms with Crippen molar-refractivity contribution in [2.45, 2.75) is 16.9 Å². The van der Waals surface area contributed by atoms with Crippen molar-refractivity contribution in [1.29, 1.82) is 0 Å². The maximum absolute atomic E-state index is 15.9. The summed E-state index contributed by atoms with van der Waals surface area (Å²) in [6, 6.07) is 33.9. The van der Waals surface area contributed by atoms with Crippen molar-refractivity contribution in [2.75, 3.05) is 7.11 Å². The van der Waals surface area contributed by atoms with E-state index < -0.39 is 62.6 Å². The summed E-state index contributed by atoms with van der Waals surface area (Å²) in [5, 5.41) is 14.1. The Hall–Kier alpha value is -6.05. The number of aliphatic hydroxyl groups is 1. The second-order valence-corrected chi connectivity index (χ2v) is 14.4. The van der Waals surface area contributed by atoms with Crippen LogP contribution in [-0.4, -0.2) is 41.1 Å². The minimum absolute atomic E-state index is 0.0754. The topological polar surface area (TPSA) is 115 Å². The molecule has 1 saturated carbocycles. The Labute approximate surface area is 291 Å². The maximum atomic E-state index is 15.9. The van der Waals surface area contributed by atoms with E-state index >= 15 is 24.0 Å². The molecule has 0 saturated heterocycles. The van der Waals surface area contributed by atoms with Gasteiger partial charge in [-0.15, -0.1) is 0 Å². The molecular formula is C44H26O7. The Morgan fingerprint density at radius 2 is 1.04 bits per heavy atom. The van der Waals surface area contributed by atoms with Crippen molar-refractivity contribution in [1.82, 2.24) is 0 Å². The summed E-state index contributed by atoms with van der Waals surface area (Å²) in [4.78, 5) is 78.4. The molecule has 1 N–H and O–H groups in total. The van der Waals surface area contributed by atoms with E-state index in [2.05, 4.69) is 0 Å². The van der Waals surface area contributed by atoms with Gasteiger partial charge in [-0.05, 0) is 40.0 Å². The van der Waals surface area contributed by atoms with Crippen LogP contribution in [0.25, 0.3) is 5.57 Å². The molecule has 5 atom stereocenters. The number of benzene rings is 5. The smallest absolute Gasteiger partial charge is 0.190 e. The molecule has 0 amide bonds. The predicted octanol–water partition coefficient (Wildman–Crippen LogP) is 6.34. The monoisotopic (exact) mass is 666 g/mol. The van der Waals surface area contributed by atoms with Crippen LogP contribution in [0.4, 0.5) is 0 Å². The highest BCUT2D eigenvalue weighted by atomic mass is 16.5. The molecule has 7 nitrogen and oxygen atoms in total. The van der Waals surface area contributed by atoms with E-state index in [-0.39, 0.29) is 44.5 Å². The number of carbonyl (C=O) groups excluding carboxylic acids is 5. The minimum atomic E-state index is -2.29. The summed E-state index contributed by atoms with van der Waals surface area (Å²) in [6.07, 6.45) is 0. The molecule has 0 radical (unpaired) electrons. The SMILES string of the molecule is COc1cccc([C@@H]2C3(C(=O)c4ccccc4C3=O)[C@]34C(=C5c6ccccc6C(=O)[C@@]52[C@@]2(O)c5ccccc5C(=O)[C@@H]32)C(=O)c2ccccc24)c1. The number of carbonyl (C=O) groups is 5. The van der Waals surface area contributed by atoms with Crippen LogP contribution in [0.1, 0.15) is 80.0 Å². The molecule has 2 bridgehead atoms. The van der Waals surface area contributed by atoms with E-state index in [0.717, 1.165) is 0 Å². The highest BCUT2D eigenvalue weighted by Crippen LogP contribution is 2.87. The third kappa shape index (κ3) is 2.56. The Bertz CT molecular complexity index is 2590. The summed E-state index contributed by atoms with van der Waals surface area (Å²) < 4.78 is 5.70. The van der Waals surface area contributed by atoms with Crippen molar-refractivity contribution >= 4 is 34.5 Å². The molecule has 3 spiro atoms. The fourth-order valence-electron chi connectivity index (χ4n) is 11.7. The first-order valence-electron chi connectivity index (χ1n) is 17.0. The standard InChI is InChI=1S/C44H26O7/c1-51-23-12-10-11-22(21-23)36-42-32(24-13-2-3-14-25(24)38(42)47)33-34(45)28-17-6-8-19-30(28)41(33,37-35(46)29-18-7-9-20-31(29)44(37,42)50)43(36)39(48)26-15-4-5-16-27(26)40(43)49/h2-21,36-37,50H,1H3/t36-,37-,41+,42+,44+/m0/s1. The molecule has 7 aliphatic carbocycles. The Kier molecular flexibility index (Phi) is 4.97. The van der Waals surface area contributed by atoms with Crippen LogP contribution in [0.3, 0.4) is 0 Å². The van der Waals surface area contributed by atoms with Gasteiger partial charge in [0.1, 0.15) is 22.2 Å². The van der Waals surface area contributed by atoms with Gasteiger partial charge < -0.3 is 9.84 Å². The Balaban J connectivity index is 1.47. The lowest BCUT2D eigenvalue weighted by molar-refractivity contribution is -0.161. The van der Waals surface area contributed by atoms with Gasteiger partial charge in [0.15, 0.2) is 28.9 Å². The summed E-state index contributed by atoms with van der Waals surface area (Å²) >= 11 is 0. The first-order chi connectivity index (χ1) is 24.7. The first kappa shape index (κ1) is 28.8. The first-order valence-corrected chi connectivity index (χ1v) is 17.0. The molecular weight excluding hydrogens is 640 g/mol. The van der Waals surface area contributed by atoms with Gasteiger partial charge in [-0.25, -0.2) is 0 Å². The lowest BCUT2D eigenvalue weighted by atomic mass is 9.28. The predicted molar refractivity (Wildman–Crippen MR) is 184 cm³/mol. The lowest BCUT2D eigenvalue weighted by Gasteiger charge is -2.70. The molecule has 244 valence electrons.